The van der Waals surface area contributed by atoms with Crippen LogP contribution in [0.5, 0.6) is 5.75 Å². The Kier molecular flexibility index (Phi) is 7.23. The molecule has 33 heavy (non-hydrogen) atoms. The second-order valence-electron chi connectivity index (χ2n) is 8.04. The first kappa shape index (κ1) is 23.6. The third-order valence-electron chi connectivity index (χ3n) is 5.74. The molecule has 2 aromatic carbocycles. The Morgan fingerprint density at radius 1 is 1.03 bits per heavy atom. The average Bonchev–Trinajstić information content (AvgIpc) is 2.78. The summed E-state index contributed by atoms with van der Waals surface area (Å²) >= 11 is 3.20. The third kappa shape index (κ3) is 6.26. The number of para-hydroxylation sites is 1. The van der Waals surface area contributed by atoms with Gasteiger partial charge in [0.15, 0.2) is 0 Å². The molecule has 0 saturated heterocycles. The fourth-order valence-electron chi connectivity index (χ4n) is 4.10. The van der Waals surface area contributed by atoms with Gasteiger partial charge < -0.3 is 20.7 Å². The first-order valence-corrected chi connectivity index (χ1v) is 11.6. The van der Waals surface area contributed by atoms with E-state index in [4.69, 9.17) is 0 Å². The topological polar surface area (TPSA) is 71.1 Å². The average molecular weight is 524 g/mol. The molecular formula is C23H25BrF3N5O. The molecule has 0 aliphatic heterocycles. The Hall–Kier alpha value is -2.59. The highest BCUT2D eigenvalue weighted by atomic mass is 79.9. The number of alkyl halides is 3. The maximum Gasteiger partial charge on any atom is 0.573 e. The van der Waals surface area contributed by atoms with E-state index in [1.807, 2.05) is 31.3 Å². The summed E-state index contributed by atoms with van der Waals surface area (Å²) in [4.78, 5) is 9.23. The summed E-state index contributed by atoms with van der Waals surface area (Å²) in [6.45, 7) is 0.306. The normalized spacial score (nSPS) is 18.8. The molecule has 3 aromatic rings. The predicted molar refractivity (Wildman–Crippen MR) is 126 cm³/mol. The number of ether oxygens (including phenoxy) is 1. The van der Waals surface area contributed by atoms with Gasteiger partial charge in [-0.2, -0.15) is 4.98 Å². The van der Waals surface area contributed by atoms with Crippen molar-refractivity contribution < 1.29 is 17.9 Å². The van der Waals surface area contributed by atoms with E-state index in [0.29, 0.717) is 22.5 Å². The van der Waals surface area contributed by atoms with Gasteiger partial charge in [-0.15, -0.1) is 13.2 Å². The van der Waals surface area contributed by atoms with Crippen molar-refractivity contribution in [1.29, 1.82) is 0 Å². The Balaban J connectivity index is 1.33. The molecule has 4 rings (SSSR count). The van der Waals surface area contributed by atoms with E-state index in [0.717, 1.165) is 42.4 Å². The molecule has 10 heteroatoms. The number of aromatic nitrogens is 2. The number of hydrogen-bond donors (Lipinski definition) is 3. The van der Waals surface area contributed by atoms with Gasteiger partial charge in [0.1, 0.15) is 11.6 Å². The Bertz CT molecular complexity index is 1100. The fourth-order valence-corrected chi connectivity index (χ4v) is 4.44. The fraction of sp³-hybridized carbons (Fsp3) is 0.391. The molecule has 6 nitrogen and oxygen atoms in total. The van der Waals surface area contributed by atoms with Crippen LogP contribution in [-0.4, -0.2) is 35.5 Å². The van der Waals surface area contributed by atoms with Crippen molar-refractivity contribution in [3.8, 4) is 5.75 Å². The number of fused-ring (bicyclic) bond motifs is 1. The zero-order valence-electron chi connectivity index (χ0n) is 18.0. The van der Waals surface area contributed by atoms with Crippen LogP contribution in [0.15, 0.2) is 46.9 Å². The minimum Gasteiger partial charge on any atom is -0.405 e. The van der Waals surface area contributed by atoms with Crippen molar-refractivity contribution in [1.82, 2.24) is 15.3 Å². The van der Waals surface area contributed by atoms with Gasteiger partial charge in [-0.25, -0.2) is 4.98 Å². The quantitative estimate of drug-likeness (QED) is 0.361. The molecule has 0 unspecified atom stereocenters. The maximum absolute atomic E-state index is 12.7. The largest absolute Gasteiger partial charge is 0.573 e. The van der Waals surface area contributed by atoms with Gasteiger partial charge in [-0.1, -0.05) is 34.1 Å². The Labute approximate surface area is 198 Å². The summed E-state index contributed by atoms with van der Waals surface area (Å²) < 4.78 is 42.9. The summed E-state index contributed by atoms with van der Waals surface area (Å²) in [7, 11) is 1.84. The number of hydrogen-bond acceptors (Lipinski definition) is 6. The van der Waals surface area contributed by atoms with Crippen molar-refractivity contribution in [3.05, 3.63) is 52.5 Å². The minimum atomic E-state index is -4.72. The van der Waals surface area contributed by atoms with Gasteiger partial charge >= 0.3 is 6.36 Å². The first-order chi connectivity index (χ1) is 15.8. The molecule has 176 valence electrons. The van der Waals surface area contributed by atoms with Crippen molar-refractivity contribution in [2.24, 2.45) is 0 Å². The lowest BCUT2D eigenvalue weighted by Gasteiger charge is -2.30. The van der Waals surface area contributed by atoms with E-state index in [2.05, 4.69) is 46.6 Å². The lowest BCUT2D eigenvalue weighted by molar-refractivity contribution is -0.274. The Morgan fingerprint density at radius 2 is 1.76 bits per heavy atom. The van der Waals surface area contributed by atoms with E-state index < -0.39 is 6.36 Å². The highest BCUT2D eigenvalue weighted by Crippen LogP contribution is 2.30. The standard InChI is InChI=1S/C23H25BrF3N5O/c1-28-21-18-4-2-3-5-19(18)31-22(32-21)30-17-10-8-16(9-11-17)29-13-14-6-7-15(24)12-20(14)33-23(25,26)27/h2-7,12,16-17,29H,8-11,13H2,1H3,(H2,28,30,31,32). The van der Waals surface area contributed by atoms with Gasteiger partial charge in [0.25, 0.3) is 0 Å². The molecule has 3 N–H and O–H groups in total. The van der Waals surface area contributed by atoms with E-state index >= 15 is 0 Å². The Morgan fingerprint density at radius 3 is 2.48 bits per heavy atom. The van der Waals surface area contributed by atoms with Gasteiger partial charge in [0.05, 0.1) is 5.52 Å². The number of rotatable bonds is 7. The van der Waals surface area contributed by atoms with Crippen LogP contribution in [0, 0.1) is 0 Å². The van der Waals surface area contributed by atoms with Gasteiger partial charge in [0, 0.05) is 41.1 Å². The van der Waals surface area contributed by atoms with Crippen molar-refractivity contribution >= 4 is 38.6 Å². The van der Waals surface area contributed by atoms with Crippen molar-refractivity contribution in [2.45, 2.75) is 50.7 Å². The summed E-state index contributed by atoms with van der Waals surface area (Å²) in [5, 5.41) is 10.9. The van der Waals surface area contributed by atoms with Crippen LogP contribution >= 0.6 is 15.9 Å². The number of benzene rings is 2. The second kappa shape index (κ2) is 10.1. The van der Waals surface area contributed by atoms with Crippen LogP contribution in [0.25, 0.3) is 10.9 Å². The van der Waals surface area contributed by atoms with E-state index in [1.165, 1.54) is 6.07 Å². The van der Waals surface area contributed by atoms with Crippen molar-refractivity contribution in [3.63, 3.8) is 0 Å². The molecule has 1 fully saturated rings. The van der Waals surface area contributed by atoms with Crippen molar-refractivity contribution in [2.75, 3.05) is 17.7 Å². The first-order valence-electron chi connectivity index (χ1n) is 10.8. The van der Waals surface area contributed by atoms with Crippen LogP contribution < -0.4 is 20.7 Å². The highest BCUT2D eigenvalue weighted by Gasteiger charge is 2.32. The zero-order valence-corrected chi connectivity index (χ0v) is 19.6. The van der Waals surface area contributed by atoms with E-state index in [-0.39, 0.29) is 17.8 Å². The lowest BCUT2D eigenvalue weighted by atomic mass is 9.91. The van der Waals surface area contributed by atoms with Gasteiger partial charge in [0.2, 0.25) is 5.95 Å². The number of anilines is 2. The highest BCUT2D eigenvalue weighted by molar-refractivity contribution is 9.10. The predicted octanol–water partition coefficient (Wildman–Crippen LogP) is 5.85. The van der Waals surface area contributed by atoms with Crippen LogP contribution in [-0.2, 0) is 6.54 Å². The molecule has 1 saturated carbocycles. The second-order valence-corrected chi connectivity index (χ2v) is 8.95. The molecule has 1 aliphatic rings. The molecule has 1 aromatic heterocycles. The smallest absolute Gasteiger partial charge is 0.405 e. The number of nitrogens with one attached hydrogen (secondary N) is 3. The van der Waals surface area contributed by atoms with Crippen LogP contribution in [0.1, 0.15) is 31.2 Å². The number of halogens is 4. The van der Waals surface area contributed by atoms with E-state index in [1.54, 1.807) is 12.1 Å². The molecule has 0 radical (unpaired) electrons. The summed E-state index contributed by atoms with van der Waals surface area (Å²) in [6, 6.07) is 13.0. The molecular weight excluding hydrogens is 499 g/mol. The molecule has 1 aliphatic carbocycles. The monoisotopic (exact) mass is 523 g/mol. The third-order valence-corrected chi connectivity index (χ3v) is 6.23. The number of nitrogens with zero attached hydrogens (tertiary/aromatic N) is 2. The summed E-state index contributed by atoms with van der Waals surface area (Å²) in [5.74, 6) is 1.19. The van der Waals surface area contributed by atoms with Crippen LogP contribution in [0.2, 0.25) is 0 Å². The van der Waals surface area contributed by atoms with Gasteiger partial charge in [-0.05, 0) is 49.9 Å². The SMILES string of the molecule is CNc1nc(NC2CCC(NCc3ccc(Br)cc3OC(F)(F)F)CC2)nc2ccccc12. The molecule has 1 heterocycles. The van der Waals surface area contributed by atoms with Crippen LogP contribution in [0.3, 0.4) is 0 Å². The lowest BCUT2D eigenvalue weighted by Crippen LogP contribution is -2.37. The summed E-state index contributed by atoms with van der Waals surface area (Å²) in [5.41, 5.74) is 1.35. The molecule has 0 bridgehead atoms. The maximum atomic E-state index is 12.7. The molecule has 0 atom stereocenters. The summed E-state index contributed by atoms with van der Waals surface area (Å²) in [6.07, 6.45) is -1.10. The van der Waals surface area contributed by atoms with E-state index in [9.17, 15) is 13.2 Å². The molecule has 0 spiro atoms. The van der Waals surface area contributed by atoms with Crippen LogP contribution in [0.4, 0.5) is 24.9 Å². The van der Waals surface area contributed by atoms with Gasteiger partial charge in [-0.3, -0.25) is 0 Å². The minimum absolute atomic E-state index is 0.187. The zero-order chi connectivity index (χ0) is 23.4. The molecule has 0 amide bonds.